The van der Waals surface area contributed by atoms with Crippen LogP contribution in [0.5, 0.6) is 23.0 Å². The van der Waals surface area contributed by atoms with Gasteiger partial charge in [0, 0.05) is 30.4 Å². The van der Waals surface area contributed by atoms with Crippen molar-refractivity contribution in [1.29, 1.82) is 0 Å². The molecule has 1 aliphatic rings. The number of hydrogen-bond acceptors (Lipinski definition) is 10. The van der Waals surface area contributed by atoms with Crippen LogP contribution in [0.2, 0.25) is 0 Å². The van der Waals surface area contributed by atoms with Crippen molar-refractivity contribution in [2.75, 3.05) is 31.6 Å². The van der Waals surface area contributed by atoms with Crippen molar-refractivity contribution in [2.24, 2.45) is 0 Å². The minimum Gasteiger partial charge on any atom is -0.493 e. The summed E-state index contributed by atoms with van der Waals surface area (Å²) in [5, 5.41) is 10.4. The maximum absolute atomic E-state index is 5.40. The zero-order valence-corrected chi connectivity index (χ0v) is 19.7. The van der Waals surface area contributed by atoms with Gasteiger partial charge in [-0.05, 0) is 42.0 Å². The monoisotopic (exact) mass is 491 g/mol. The van der Waals surface area contributed by atoms with Crippen molar-refractivity contribution >= 4 is 45.9 Å². The van der Waals surface area contributed by atoms with Crippen molar-refractivity contribution in [1.82, 2.24) is 25.3 Å². The van der Waals surface area contributed by atoms with Gasteiger partial charge in [0.05, 0.1) is 19.7 Å². The highest BCUT2D eigenvalue weighted by Crippen LogP contribution is 2.33. The predicted octanol–water partition coefficient (Wildman–Crippen LogP) is 3.40. The summed E-state index contributed by atoms with van der Waals surface area (Å²) >= 11 is 5.40. The summed E-state index contributed by atoms with van der Waals surface area (Å²) in [4.78, 5) is 17.5. The number of thiocarbonyl (C=S) groups is 1. The van der Waals surface area contributed by atoms with E-state index < -0.39 is 0 Å². The molecular formula is C23H21N7O4S. The van der Waals surface area contributed by atoms with Gasteiger partial charge in [-0.15, -0.1) is 0 Å². The molecule has 178 valence electrons. The third kappa shape index (κ3) is 5.06. The topological polar surface area (TPSA) is 125 Å². The second kappa shape index (κ2) is 9.81. The summed E-state index contributed by atoms with van der Waals surface area (Å²) in [5.74, 6) is 3.81. The van der Waals surface area contributed by atoms with E-state index >= 15 is 0 Å². The van der Waals surface area contributed by atoms with Crippen LogP contribution >= 0.6 is 12.2 Å². The molecular weight excluding hydrogens is 470 g/mol. The van der Waals surface area contributed by atoms with Crippen LogP contribution in [0.1, 0.15) is 5.56 Å². The highest BCUT2D eigenvalue weighted by atomic mass is 32.1. The number of nitrogens with one attached hydrogen (secondary N) is 3. The second-order valence-electron chi connectivity index (χ2n) is 7.35. The van der Waals surface area contributed by atoms with Crippen LogP contribution in [-0.4, -0.2) is 46.1 Å². The van der Waals surface area contributed by atoms with Crippen molar-refractivity contribution in [2.45, 2.75) is 6.54 Å². The lowest BCUT2D eigenvalue weighted by atomic mass is 10.2. The normalized spacial score (nSPS) is 11.7. The first-order valence-electron chi connectivity index (χ1n) is 10.5. The number of benzene rings is 2. The van der Waals surface area contributed by atoms with E-state index in [1.165, 1.54) is 0 Å². The number of hydrogen-bond donors (Lipinski definition) is 3. The number of methoxy groups -OCH3 is 2. The molecule has 0 fully saturated rings. The molecule has 0 bridgehead atoms. The third-order valence-electron chi connectivity index (χ3n) is 5.10. The highest BCUT2D eigenvalue weighted by molar-refractivity contribution is 7.80. The fourth-order valence-corrected chi connectivity index (χ4v) is 3.58. The minimum atomic E-state index is 0.240. The van der Waals surface area contributed by atoms with Crippen molar-refractivity contribution in [3.05, 3.63) is 54.4 Å². The molecule has 0 unspecified atom stereocenters. The first kappa shape index (κ1) is 22.3. The van der Waals surface area contributed by atoms with Gasteiger partial charge in [0.15, 0.2) is 28.1 Å². The SMILES string of the molecule is COc1cc2cnc(Nc3nccc(NC(=S)NCc4ccc5c(c4)OCO5)n3)nc2cc1OC. The number of anilines is 3. The Labute approximate surface area is 205 Å². The van der Waals surface area contributed by atoms with Crippen LogP contribution in [0.3, 0.4) is 0 Å². The molecule has 4 aromatic rings. The Morgan fingerprint density at radius 2 is 1.77 bits per heavy atom. The molecule has 0 atom stereocenters. The number of rotatable bonds is 7. The van der Waals surface area contributed by atoms with Crippen LogP contribution in [0.15, 0.2) is 48.8 Å². The Kier molecular flexibility index (Phi) is 6.26. The fraction of sp³-hybridized carbons (Fsp3) is 0.174. The minimum absolute atomic E-state index is 0.240. The van der Waals surface area contributed by atoms with E-state index in [4.69, 9.17) is 31.2 Å². The third-order valence-corrected chi connectivity index (χ3v) is 5.34. The Bertz CT molecular complexity index is 1400. The molecule has 0 aliphatic carbocycles. The highest BCUT2D eigenvalue weighted by Gasteiger charge is 2.13. The largest absolute Gasteiger partial charge is 0.493 e. The van der Waals surface area contributed by atoms with E-state index in [9.17, 15) is 0 Å². The van der Waals surface area contributed by atoms with Crippen molar-refractivity contribution in [3.63, 3.8) is 0 Å². The molecule has 5 rings (SSSR count). The van der Waals surface area contributed by atoms with Crippen molar-refractivity contribution < 1.29 is 18.9 Å². The quantitative estimate of drug-likeness (QED) is 0.328. The van der Waals surface area contributed by atoms with Gasteiger partial charge in [-0.25, -0.2) is 15.0 Å². The Balaban J connectivity index is 1.23. The summed E-state index contributed by atoms with van der Waals surface area (Å²) < 4.78 is 21.4. The summed E-state index contributed by atoms with van der Waals surface area (Å²) in [5.41, 5.74) is 1.69. The van der Waals surface area contributed by atoms with E-state index in [0.29, 0.717) is 46.4 Å². The average molecular weight is 492 g/mol. The van der Waals surface area contributed by atoms with E-state index in [1.807, 2.05) is 24.3 Å². The Hall–Kier alpha value is -4.45. The molecule has 2 aromatic heterocycles. The molecule has 3 heterocycles. The van der Waals surface area contributed by atoms with E-state index in [-0.39, 0.29) is 6.79 Å². The lowest BCUT2D eigenvalue weighted by Crippen LogP contribution is -2.28. The molecule has 1 aliphatic heterocycles. The van der Waals surface area contributed by atoms with Crippen LogP contribution in [-0.2, 0) is 6.54 Å². The van der Waals surface area contributed by atoms with E-state index in [0.717, 1.165) is 22.4 Å². The molecule has 2 aromatic carbocycles. The van der Waals surface area contributed by atoms with Gasteiger partial charge >= 0.3 is 0 Å². The first-order chi connectivity index (χ1) is 17.1. The van der Waals surface area contributed by atoms with Crippen LogP contribution < -0.4 is 34.9 Å². The summed E-state index contributed by atoms with van der Waals surface area (Å²) in [6.45, 7) is 0.751. The van der Waals surface area contributed by atoms with E-state index in [1.54, 1.807) is 38.7 Å². The van der Waals surface area contributed by atoms with Crippen LogP contribution in [0, 0.1) is 0 Å². The lowest BCUT2D eigenvalue weighted by Gasteiger charge is -2.11. The molecule has 0 spiro atoms. The van der Waals surface area contributed by atoms with Gasteiger partial charge in [-0.3, -0.25) is 5.32 Å². The molecule has 3 N–H and O–H groups in total. The summed E-state index contributed by atoms with van der Waals surface area (Å²) in [6.07, 6.45) is 3.29. The van der Waals surface area contributed by atoms with Gasteiger partial charge in [-0.1, -0.05) is 6.07 Å². The Morgan fingerprint density at radius 3 is 2.63 bits per heavy atom. The molecule has 11 nitrogen and oxygen atoms in total. The van der Waals surface area contributed by atoms with Crippen LogP contribution in [0.25, 0.3) is 10.9 Å². The van der Waals surface area contributed by atoms with Gasteiger partial charge in [0.2, 0.25) is 18.7 Å². The zero-order chi connectivity index (χ0) is 24.2. The summed E-state index contributed by atoms with van der Waals surface area (Å²) in [6, 6.07) is 11.0. The average Bonchev–Trinajstić information content (AvgIpc) is 3.35. The first-order valence-corrected chi connectivity index (χ1v) is 10.9. The molecule has 0 saturated carbocycles. The van der Waals surface area contributed by atoms with Crippen LogP contribution in [0.4, 0.5) is 17.7 Å². The standard InChI is InChI=1S/C23H21N7O4S/c1-31-17-8-14-11-25-22(27-15(14)9-18(17)32-2)30-21-24-6-5-20(28-21)29-23(35)26-10-13-3-4-16-19(7-13)34-12-33-16/h3-9,11H,10,12H2,1-2H3,(H3,24,25,26,27,28,29,30,35). The number of ether oxygens (including phenoxy) is 4. The second-order valence-corrected chi connectivity index (χ2v) is 7.75. The molecule has 0 amide bonds. The molecule has 0 saturated heterocycles. The summed E-state index contributed by atoms with van der Waals surface area (Å²) in [7, 11) is 3.15. The number of aromatic nitrogens is 4. The number of nitrogens with zero attached hydrogens (tertiary/aromatic N) is 4. The smallest absolute Gasteiger partial charge is 0.231 e. The zero-order valence-electron chi connectivity index (χ0n) is 18.9. The maximum Gasteiger partial charge on any atom is 0.231 e. The molecule has 35 heavy (non-hydrogen) atoms. The van der Waals surface area contributed by atoms with Crippen molar-refractivity contribution in [3.8, 4) is 23.0 Å². The fourth-order valence-electron chi connectivity index (χ4n) is 3.40. The maximum atomic E-state index is 5.40. The van der Waals surface area contributed by atoms with Gasteiger partial charge < -0.3 is 29.6 Å². The lowest BCUT2D eigenvalue weighted by molar-refractivity contribution is 0.174. The van der Waals surface area contributed by atoms with E-state index in [2.05, 4.69) is 35.9 Å². The Morgan fingerprint density at radius 1 is 0.971 bits per heavy atom. The van der Waals surface area contributed by atoms with Gasteiger partial charge in [-0.2, -0.15) is 4.98 Å². The van der Waals surface area contributed by atoms with Gasteiger partial charge in [0.1, 0.15) is 5.82 Å². The molecule has 12 heteroatoms. The number of fused-ring (bicyclic) bond motifs is 2. The molecule has 0 radical (unpaired) electrons. The van der Waals surface area contributed by atoms with Gasteiger partial charge in [0.25, 0.3) is 0 Å². The predicted molar refractivity (Wildman–Crippen MR) is 134 cm³/mol.